The van der Waals surface area contributed by atoms with Gasteiger partial charge in [-0.2, -0.15) is 0 Å². The number of nitrogens with zero attached hydrogens (tertiary/aromatic N) is 2. The normalized spacial score (nSPS) is 11.0. The van der Waals surface area contributed by atoms with Crippen LogP contribution in [0.2, 0.25) is 0 Å². The summed E-state index contributed by atoms with van der Waals surface area (Å²) in [4.78, 5) is 9.52. The zero-order valence-corrected chi connectivity index (χ0v) is 13.2. The molecule has 1 heterocycles. The van der Waals surface area contributed by atoms with Crippen molar-refractivity contribution >= 4 is 33.4 Å². The number of aryl methyl sites for hydroxylation is 2. The molecule has 3 heteroatoms. The molecule has 0 aliphatic heterocycles. The van der Waals surface area contributed by atoms with Crippen molar-refractivity contribution in [2.24, 2.45) is 0 Å². The number of anilines is 2. The Bertz CT molecular complexity index is 1010. The smallest absolute Gasteiger partial charge is 0.0915 e. The van der Waals surface area contributed by atoms with E-state index in [1.807, 2.05) is 48.5 Å². The van der Waals surface area contributed by atoms with Gasteiger partial charge >= 0.3 is 0 Å². The molecule has 23 heavy (non-hydrogen) atoms. The Morgan fingerprint density at radius 1 is 0.609 bits per heavy atom. The quantitative estimate of drug-likeness (QED) is 0.520. The van der Waals surface area contributed by atoms with Gasteiger partial charge in [0.2, 0.25) is 0 Å². The van der Waals surface area contributed by atoms with Gasteiger partial charge in [0.1, 0.15) is 0 Å². The minimum absolute atomic E-state index is 0.904. The van der Waals surface area contributed by atoms with E-state index in [9.17, 15) is 0 Å². The molecule has 0 bridgehead atoms. The van der Waals surface area contributed by atoms with Gasteiger partial charge in [0.15, 0.2) is 0 Å². The summed E-state index contributed by atoms with van der Waals surface area (Å²) >= 11 is 0. The first-order chi connectivity index (χ1) is 11.2. The lowest BCUT2D eigenvalue weighted by Crippen LogP contribution is -1.93. The highest BCUT2D eigenvalue weighted by atomic mass is 14.9. The maximum atomic E-state index is 4.78. The van der Waals surface area contributed by atoms with E-state index in [0.717, 1.165) is 33.4 Å². The summed E-state index contributed by atoms with van der Waals surface area (Å²) in [6.45, 7) is 4.21. The predicted octanol–water partition coefficient (Wildman–Crippen LogP) is 5.14. The van der Waals surface area contributed by atoms with Gasteiger partial charge in [0.25, 0.3) is 0 Å². The average Bonchev–Trinajstić information content (AvgIpc) is 2.55. The fourth-order valence-electron chi connectivity index (χ4n) is 2.70. The Kier molecular flexibility index (Phi) is 3.19. The molecule has 0 aliphatic rings. The van der Waals surface area contributed by atoms with Crippen LogP contribution in [0.15, 0.2) is 60.7 Å². The molecule has 0 unspecified atom stereocenters. The van der Waals surface area contributed by atoms with Crippen molar-refractivity contribution in [3.8, 4) is 0 Å². The first-order valence-electron chi connectivity index (χ1n) is 7.70. The first-order valence-corrected chi connectivity index (χ1v) is 7.70. The van der Waals surface area contributed by atoms with Gasteiger partial charge in [0, 0.05) is 11.4 Å². The lowest BCUT2D eigenvalue weighted by molar-refractivity contribution is 1.31. The Morgan fingerprint density at radius 2 is 1.22 bits per heavy atom. The predicted molar refractivity (Wildman–Crippen MR) is 96.2 cm³/mol. The number of para-hydroxylation sites is 1. The van der Waals surface area contributed by atoms with E-state index in [1.54, 1.807) is 0 Å². The van der Waals surface area contributed by atoms with Crippen LogP contribution in [0.5, 0.6) is 0 Å². The topological polar surface area (TPSA) is 37.8 Å². The monoisotopic (exact) mass is 299 g/mol. The van der Waals surface area contributed by atoms with E-state index in [0.29, 0.717) is 0 Å². The Morgan fingerprint density at radius 3 is 1.91 bits per heavy atom. The second-order valence-electron chi connectivity index (χ2n) is 5.84. The third-order valence-corrected chi connectivity index (χ3v) is 4.11. The highest BCUT2D eigenvalue weighted by molar-refractivity contribution is 5.89. The molecule has 0 saturated heterocycles. The molecule has 0 spiro atoms. The minimum atomic E-state index is 0.904. The minimum Gasteiger partial charge on any atom is -0.355 e. The highest BCUT2D eigenvalue weighted by Gasteiger charge is 2.05. The van der Waals surface area contributed by atoms with Crippen LogP contribution in [-0.2, 0) is 0 Å². The molecular formula is C20H17N3. The van der Waals surface area contributed by atoms with Crippen molar-refractivity contribution in [3.63, 3.8) is 0 Å². The van der Waals surface area contributed by atoms with Crippen molar-refractivity contribution < 1.29 is 0 Å². The summed E-state index contributed by atoms with van der Waals surface area (Å²) in [5, 5.41) is 3.40. The van der Waals surface area contributed by atoms with E-state index < -0.39 is 0 Å². The van der Waals surface area contributed by atoms with Crippen LogP contribution in [0.25, 0.3) is 22.1 Å². The molecule has 1 N–H and O–H groups in total. The maximum Gasteiger partial charge on any atom is 0.0915 e. The van der Waals surface area contributed by atoms with Gasteiger partial charge in [0.05, 0.1) is 22.1 Å². The SMILES string of the molecule is Cc1cc2nc3ccc(Nc4ccccc4)cc3nc2cc1C. The molecular weight excluding hydrogens is 282 g/mol. The molecule has 0 saturated carbocycles. The van der Waals surface area contributed by atoms with Gasteiger partial charge in [-0.15, -0.1) is 0 Å². The van der Waals surface area contributed by atoms with Crippen LogP contribution in [0.1, 0.15) is 11.1 Å². The van der Waals surface area contributed by atoms with Crippen LogP contribution >= 0.6 is 0 Å². The van der Waals surface area contributed by atoms with Crippen LogP contribution < -0.4 is 5.32 Å². The summed E-state index contributed by atoms with van der Waals surface area (Å²) in [6.07, 6.45) is 0. The lowest BCUT2D eigenvalue weighted by atomic mass is 10.1. The number of aromatic nitrogens is 2. The van der Waals surface area contributed by atoms with Crippen molar-refractivity contribution in [3.05, 3.63) is 71.8 Å². The van der Waals surface area contributed by atoms with Gasteiger partial charge in [-0.05, 0) is 67.4 Å². The number of hydrogen-bond donors (Lipinski definition) is 1. The number of benzene rings is 3. The second kappa shape index (κ2) is 5.36. The zero-order chi connectivity index (χ0) is 15.8. The van der Waals surface area contributed by atoms with Gasteiger partial charge in [-0.25, -0.2) is 9.97 Å². The summed E-state index contributed by atoms with van der Waals surface area (Å²) in [5.41, 5.74) is 8.27. The average molecular weight is 299 g/mol. The molecule has 4 aromatic rings. The fourth-order valence-corrected chi connectivity index (χ4v) is 2.70. The van der Waals surface area contributed by atoms with Crippen LogP contribution in [-0.4, -0.2) is 9.97 Å². The molecule has 0 atom stereocenters. The number of rotatable bonds is 2. The standard InChI is InChI=1S/C20H17N3/c1-13-10-18-19(11-14(13)2)23-20-12-16(8-9-17(20)22-18)21-15-6-4-3-5-7-15/h3-12,21H,1-2H3. The second-order valence-corrected chi connectivity index (χ2v) is 5.84. The largest absolute Gasteiger partial charge is 0.355 e. The maximum absolute atomic E-state index is 4.78. The Balaban J connectivity index is 1.81. The highest BCUT2D eigenvalue weighted by Crippen LogP contribution is 2.23. The van der Waals surface area contributed by atoms with Gasteiger partial charge in [-0.3, -0.25) is 0 Å². The molecule has 112 valence electrons. The van der Waals surface area contributed by atoms with E-state index in [4.69, 9.17) is 9.97 Å². The summed E-state index contributed by atoms with van der Waals surface area (Å²) < 4.78 is 0. The van der Waals surface area contributed by atoms with Crippen molar-refractivity contribution in [1.82, 2.24) is 9.97 Å². The molecule has 1 aromatic heterocycles. The number of fused-ring (bicyclic) bond motifs is 2. The Labute approximate surface area is 135 Å². The van der Waals surface area contributed by atoms with E-state index in [1.165, 1.54) is 11.1 Å². The Hall–Kier alpha value is -2.94. The lowest BCUT2D eigenvalue weighted by Gasteiger charge is -2.08. The first kappa shape index (κ1) is 13.7. The zero-order valence-electron chi connectivity index (χ0n) is 13.2. The van der Waals surface area contributed by atoms with Crippen LogP contribution in [0.4, 0.5) is 11.4 Å². The molecule has 3 aromatic carbocycles. The molecule has 0 radical (unpaired) electrons. The summed E-state index contributed by atoms with van der Waals surface area (Å²) in [6, 6.07) is 20.4. The van der Waals surface area contributed by atoms with Crippen LogP contribution in [0.3, 0.4) is 0 Å². The van der Waals surface area contributed by atoms with Crippen molar-refractivity contribution in [1.29, 1.82) is 0 Å². The molecule has 0 aliphatic carbocycles. The van der Waals surface area contributed by atoms with E-state index in [-0.39, 0.29) is 0 Å². The summed E-state index contributed by atoms with van der Waals surface area (Å²) in [7, 11) is 0. The van der Waals surface area contributed by atoms with E-state index >= 15 is 0 Å². The van der Waals surface area contributed by atoms with E-state index in [2.05, 4.69) is 31.3 Å². The molecule has 4 rings (SSSR count). The van der Waals surface area contributed by atoms with Crippen molar-refractivity contribution in [2.75, 3.05) is 5.32 Å². The van der Waals surface area contributed by atoms with Crippen molar-refractivity contribution in [2.45, 2.75) is 13.8 Å². The van der Waals surface area contributed by atoms with Gasteiger partial charge in [-0.1, -0.05) is 18.2 Å². The number of hydrogen-bond acceptors (Lipinski definition) is 3. The summed E-state index contributed by atoms with van der Waals surface area (Å²) in [5.74, 6) is 0. The fraction of sp³-hybridized carbons (Fsp3) is 0.100. The number of nitrogens with one attached hydrogen (secondary N) is 1. The third-order valence-electron chi connectivity index (χ3n) is 4.11. The molecule has 3 nitrogen and oxygen atoms in total. The molecule has 0 fully saturated rings. The van der Waals surface area contributed by atoms with Gasteiger partial charge < -0.3 is 5.32 Å². The molecule has 0 amide bonds. The van der Waals surface area contributed by atoms with Crippen LogP contribution in [0, 0.1) is 13.8 Å². The third kappa shape index (κ3) is 2.61.